The van der Waals surface area contributed by atoms with E-state index in [4.69, 9.17) is 14.0 Å². The van der Waals surface area contributed by atoms with E-state index in [0.29, 0.717) is 19.1 Å². The zero-order chi connectivity index (χ0) is 23.3. The molecular formula is C25H39N3O4. The average molecular weight is 446 g/mol. The predicted molar refractivity (Wildman–Crippen MR) is 126 cm³/mol. The summed E-state index contributed by atoms with van der Waals surface area (Å²) in [5.41, 5.74) is 3.77. The molecule has 0 atom stereocenters. The molecule has 3 rings (SSSR count). The maximum Gasteiger partial charge on any atom is 0.410 e. The molecule has 0 spiro atoms. The normalized spacial score (nSPS) is 15.7. The Morgan fingerprint density at radius 3 is 2.59 bits per heavy atom. The molecule has 7 heteroatoms. The summed E-state index contributed by atoms with van der Waals surface area (Å²) in [6, 6.07) is 4.27. The number of hydrogen-bond acceptors (Lipinski definition) is 6. The molecular weight excluding hydrogens is 406 g/mol. The minimum absolute atomic E-state index is 0.199. The minimum Gasteiger partial charge on any atom is -0.444 e. The molecule has 2 heterocycles. The van der Waals surface area contributed by atoms with Crippen LogP contribution in [0.2, 0.25) is 0 Å². The Morgan fingerprint density at radius 1 is 1.25 bits per heavy atom. The van der Waals surface area contributed by atoms with E-state index in [1.54, 1.807) is 0 Å². The number of fused-ring (bicyclic) bond motifs is 1. The molecule has 1 fully saturated rings. The summed E-state index contributed by atoms with van der Waals surface area (Å²) >= 11 is 0. The minimum atomic E-state index is -0.449. The number of aryl methyl sites for hydroxylation is 1. The van der Waals surface area contributed by atoms with Crippen LogP contribution in [0.15, 0.2) is 16.7 Å². The summed E-state index contributed by atoms with van der Waals surface area (Å²) in [5.74, 6) is 0.582. The molecule has 178 valence electrons. The topological polar surface area (TPSA) is 68.0 Å². The third-order valence-electron chi connectivity index (χ3n) is 5.91. The Labute approximate surface area is 192 Å². The summed E-state index contributed by atoms with van der Waals surface area (Å²) in [6.45, 7) is 11.3. The van der Waals surface area contributed by atoms with Gasteiger partial charge in [-0.05, 0) is 85.0 Å². The first-order valence-electron chi connectivity index (χ1n) is 11.8. The van der Waals surface area contributed by atoms with Crippen molar-refractivity contribution in [1.29, 1.82) is 0 Å². The van der Waals surface area contributed by atoms with Crippen LogP contribution in [-0.4, -0.2) is 60.4 Å². The van der Waals surface area contributed by atoms with Gasteiger partial charge in [0.1, 0.15) is 5.60 Å². The number of hydrogen-bond donors (Lipinski definition) is 0. The Hall–Kier alpha value is -2.12. The van der Waals surface area contributed by atoms with Gasteiger partial charge in [-0.1, -0.05) is 11.2 Å². The van der Waals surface area contributed by atoms with Crippen molar-refractivity contribution in [3.8, 4) is 0 Å². The van der Waals surface area contributed by atoms with Crippen LogP contribution in [0.4, 0.5) is 4.79 Å². The van der Waals surface area contributed by atoms with Crippen LogP contribution in [0.1, 0.15) is 63.8 Å². The molecule has 0 N–H and O–H groups in total. The van der Waals surface area contributed by atoms with Crippen molar-refractivity contribution in [2.45, 2.75) is 72.1 Å². The molecule has 1 aromatic heterocycles. The lowest BCUT2D eigenvalue weighted by atomic mass is 9.91. The number of amides is 1. The van der Waals surface area contributed by atoms with E-state index in [-0.39, 0.29) is 6.09 Å². The fourth-order valence-corrected chi connectivity index (χ4v) is 4.24. The number of benzene rings is 1. The van der Waals surface area contributed by atoms with Gasteiger partial charge in [-0.3, -0.25) is 0 Å². The summed E-state index contributed by atoms with van der Waals surface area (Å²) in [5, 5.41) is 5.54. The predicted octanol–water partition coefficient (Wildman–Crippen LogP) is 5.01. The van der Waals surface area contributed by atoms with Crippen LogP contribution in [0.5, 0.6) is 0 Å². The van der Waals surface area contributed by atoms with Crippen LogP contribution in [0.25, 0.3) is 11.0 Å². The highest BCUT2D eigenvalue weighted by Gasteiger charge is 2.27. The highest BCUT2D eigenvalue weighted by molar-refractivity contribution is 5.83. The maximum absolute atomic E-state index is 12.3. The smallest absolute Gasteiger partial charge is 0.410 e. The number of ether oxygens (including phenoxy) is 2. The van der Waals surface area contributed by atoms with Crippen molar-refractivity contribution >= 4 is 17.1 Å². The van der Waals surface area contributed by atoms with Gasteiger partial charge in [0, 0.05) is 37.2 Å². The molecule has 0 saturated carbocycles. The Bertz CT molecular complexity index is 892. The summed E-state index contributed by atoms with van der Waals surface area (Å²) < 4.78 is 17.0. The van der Waals surface area contributed by atoms with Crippen molar-refractivity contribution < 1.29 is 18.8 Å². The van der Waals surface area contributed by atoms with E-state index in [1.165, 1.54) is 0 Å². The van der Waals surface area contributed by atoms with E-state index in [9.17, 15) is 4.79 Å². The van der Waals surface area contributed by atoms with Gasteiger partial charge < -0.3 is 23.8 Å². The highest BCUT2D eigenvalue weighted by Crippen LogP contribution is 2.30. The van der Waals surface area contributed by atoms with Crippen molar-refractivity contribution in [3.63, 3.8) is 0 Å². The molecule has 1 aromatic carbocycles. The molecule has 0 unspecified atom stereocenters. The monoisotopic (exact) mass is 445 g/mol. The number of rotatable bonds is 8. The van der Waals surface area contributed by atoms with Crippen LogP contribution >= 0.6 is 0 Å². The summed E-state index contributed by atoms with van der Waals surface area (Å²) in [4.78, 5) is 16.3. The van der Waals surface area contributed by atoms with Gasteiger partial charge in [-0.15, -0.1) is 0 Å². The summed E-state index contributed by atoms with van der Waals surface area (Å²) in [7, 11) is 4.12. The van der Waals surface area contributed by atoms with Crippen molar-refractivity contribution in [3.05, 3.63) is 29.0 Å². The number of carbonyl (C=O) groups excluding carboxylic acids is 1. The van der Waals surface area contributed by atoms with Crippen molar-refractivity contribution in [1.82, 2.24) is 15.0 Å². The standard InChI is InChI=1S/C25H39N3O4/c1-7-30-17-19-9-10-20-22(26-32-23(20)21(19)16-27(5)6)11-8-18-12-14-28(15-13-18)24(29)31-25(2,3)4/h9-10,18H,7-8,11-17H2,1-6H3. The molecule has 7 nitrogen and oxygen atoms in total. The van der Waals surface area contributed by atoms with E-state index < -0.39 is 5.60 Å². The quantitative estimate of drug-likeness (QED) is 0.569. The number of likely N-dealkylation sites (tertiary alicyclic amines) is 1. The first-order chi connectivity index (χ1) is 15.2. The first kappa shape index (κ1) is 24.5. The molecule has 1 aliphatic heterocycles. The number of piperidine rings is 1. The zero-order valence-corrected chi connectivity index (χ0v) is 20.6. The van der Waals surface area contributed by atoms with Gasteiger partial charge in [0.25, 0.3) is 0 Å². The number of aromatic nitrogens is 1. The van der Waals surface area contributed by atoms with Gasteiger partial charge in [-0.2, -0.15) is 0 Å². The van der Waals surface area contributed by atoms with E-state index in [2.05, 4.69) is 36.3 Å². The fourth-order valence-electron chi connectivity index (χ4n) is 4.24. The Morgan fingerprint density at radius 2 is 1.97 bits per heavy atom. The van der Waals surface area contributed by atoms with Crippen molar-refractivity contribution in [2.24, 2.45) is 5.92 Å². The highest BCUT2D eigenvalue weighted by atomic mass is 16.6. The molecule has 32 heavy (non-hydrogen) atoms. The van der Waals surface area contributed by atoms with Crippen LogP contribution in [0, 0.1) is 5.92 Å². The lowest BCUT2D eigenvalue weighted by molar-refractivity contribution is 0.0181. The Balaban J connectivity index is 1.62. The summed E-state index contributed by atoms with van der Waals surface area (Å²) in [6.07, 6.45) is 3.73. The van der Waals surface area contributed by atoms with Gasteiger partial charge in [0.15, 0.2) is 5.58 Å². The number of carbonyl (C=O) groups is 1. The van der Waals surface area contributed by atoms with Gasteiger partial charge in [-0.25, -0.2) is 4.79 Å². The largest absolute Gasteiger partial charge is 0.444 e. The van der Waals surface area contributed by atoms with Crippen LogP contribution in [0.3, 0.4) is 0 Å². The first-order valence-corrected chi connectivity index (χ1v) is 11.8. The van der Waals surface area contributed by atoms with Crippen LogP contribution < -0.4 is 0 Å². The Kier molecular flexibility index (Phi) is 8.17. The molecule has 2 aromatic rings. The average Bonchev–Trinajstić information content (AvgIpc) is 3.14. The third-order valence-corrected chi connectivity index (χ3v) is 5.91. The van der Waals surface area contributed by atoms with Gasteiger partial charge in [0.05, 0.1) is 12.3 Å². The van der Waals surface area contributed by atoms with Crippen molar-refractivity contribution in [2.75, 3.05) is 33.8 Å². The lowest BCUT2D eigenvalue weighted by Crippen LogP contribution is -2.41. The maximum atomic E-state index is 12.3. The van der Waals surface area contributed by atoms with E-state index in [0.717, 1.165) is 73.1 Å². The second kappa shape index (κ2) is 10.7. The van der Waals surface area contributed by atoms with Gasteiger partial charge in [0.2, 0.25) is 0 Å². The SMILES string of the molecule is CCOCc1ccc2c(CCC3CCN(C(=O)OC(C)(C)C)CC3)noc2c1CN(C)C. The molecule has 1 saturated heterocycles. The van der Waals surface area contributed by atoms with Gasteiger partial charge >= 0.3 is 6.09 Å². The van der Waals surface area contributed by atoms with Crippen LogP contribution in [-0.2, 0) is 29.0 Å². The molecule has 0 radical (unpaired) electrons. The fraction of sp³-hybridized carbons (Fsp3) is 0.680. The second-order valence-electron chi connectivity index (χ2n) is 10.0. The third kappa shape index (κ3) is 6.45. The second-order valence-corrected chi connectivity index (χ2v) is 10.0. The van der Waals surface area contributed by atoms with E-state index >= 15 is 0 Å². The van der Waals surface area contributed by atoms with E-state index in [1.807, 2.05) is 32.6 Å². The molecule has 0 aliphatic carbocycles. The molecule has 1 aliphatic rings. The number of nitrogens with zero attached hydrogens (tertiary/aromatic N) is 3. The molecule has 0 bridgehead atoms. The zero-order valence-electron chi connectivity index (χ0n) is 20.6. The lowest BCUT2D eigenvalue weighted by Gasteiger charge is -2.33. The molecule has 1 amide bonds.